The van der Waals surface area contributed by atoms with Crippen molar-refractivity contribution in [3.63, 3.8) is 0 Å². The van der Waals surface area contributed by atoms with Crippen LogP contribution < -0.4 is 45.1 Å². The van der Waals surface area contributed by atoms with E-state index in [0.717, 1.165) is 30.3 Å². The van der Waals surface area contributed by atoms with Crippen molar-refractivity contribution in [1.82, 2.24) is 0 Å². The van der Waals surface area contributed by atoms with E-state index in [9.17, 15) is 33.3 Å². The van der Waals surface area contributed by atoms with Crippen LogP contribution in [0.1, 0.15) is 0 Å². The number of nitrogens with two attached hydrogens (primary N) is 1. The fourth-order valence-corrected chi connectivity index (χ4v) is 3.12. The predicted octanol–water partition coefficient (Wildman–Crippen LogP) is 1.05. The van der Waals surface area contributed by atoms with Crippen molar-refractivity contribution in [3.8, 4) is 17.2 Å². The van der Waals surface area contributed by atoms with Gasteiger partial charge in [-0.1, -0.05) is 11.8 Å². The molecule has 0 heterocycles. The Morgan fingerprint density at radius 2 is 1.69 bits per heavy atom. The molecule has 176 valence electrons. The molecule has 0 bridgehead atoms. The van der Waals surface area contributed by atoms with Gasteiger partial charge < -0.3 is 20.7 Å². The number of rotatable bonds is 7. The largest absolute Gasteiger partial charge is 1.00 e. The monoisotopic (exact) mass is 510 g/mol. The third kappa shape index (κ3) is 6.49. The molecule has 0 aliphatic rings. The summed E-state index contributed by atoms with van der Waals surface area (Å²) in [4.78, 5) is 9.71. The van der Waals surface area contributed by atoms with Crippen LogP contribution in [0.25, 0.3) is 0 Å². The predicted molar refractivity (Wildman–Crippen MR) is 116 cm³/mol. The zero-order valence-corrected chi connectivity index (χ0v) is 21.0. The molecule has 3 aromatic carbocycles. The number of benzene rings is 3. The first kappa shape index (κ1) is 27.6. The molecule has 16 heteroatoms. The Hall–Kier alpha value is -3.63. The topological polar surface area (TPSA) is 225 Å². The van der Waals surface area contributed by atoms with E-state index in [0.29, 0.717) is 0 Å². The molecule has 3 aromatic rings. The van der Waals surface area contributed by atoms with Gasteiger partial charge in [-0.15, -0.1) is 15.3 Å². The second-order valence-electron chi connectivity index (χ2n) is 6.49. The second-order valence-corrected chi connectivity index (χ2v) is 7.91. The maximum Gasteiger partial charge on any atom is 1.00 e. The number of hydrogen-bond acceptors (Lipinski definition) is 12. The van der Waals surface area contributed by atoms with Crippen molar-refractivity contribution < 1.29 is 62.4 Å². The van der Waals surface area contributed by atoms with E-state index in [2.05, 4.69) is 20.5 Å². The van der Waals surface area contributed by atoms with E-state index in [1.165, 1.54) is 25.3 Å². The molecular formula is C19H15N6NaO8S. The van der Waals surface area contributed by atoms with Crippen molar-refractivity contribution in [3.05, 3.63) is 58.6 Å². The number of phenols is 1. The molecule has 0 aromatic heterocycles. The van der Waals surface area contributed by atoms with Crippen LogP contribution in [0.2, 0.25) is 0 Å². The van der Waals surface area contributed by atoms with Gasteiger partial charge in [0, 0.05) is 6.07 Å². The van der Waals surface area contributed by atoms with Gasteiger partial charge >= 0.3 is 29.6 Å². The molecule has 0 aliphatic carbocycles. The summed E-state index contributed by atoms with van der Waals surface area (Å²) in [7, 11) is -3.22. The van der Waals surface area contributed by atoms with Gasteiger partial charge in [0.05, 0.1) is 22.6 Å². The van der Waals surface area contributed by atoms with Gasteiger partial charge in [-0.3, -0.25) is 14.7 Å². The van der Waals surface area contributed by atoms with Crippen LogP contribution in [0.3, 0.4) is 0 Å². The zero-order valence-electron chi connectivity index (χ0n) is 18.2. The Balaban J connectivity index is 0.00000432. The molecule has 0 saturated heterocycles. The Morgan fingerprint density at radius 3 is 2.29 bits per heavy atom. The molecule has 0 amide bonds. The molecule has 0 saturated carbocycles. The number of nitrogen functional groups attached to an aromatic ring is 1. The quantitative estimate of drug-likeness (QED) is 0.103. The molecule has 0 unspecified atom stereocenters. The fourth-order valence-electron chi connectivity index (χ4n) is 2.62. The van der Waals surface area contributed by atoms with E-state index in [-0.39, 0.29) is 63.7 Å². The summed E-state index contributed by atoms with van der Waals surface area (Å²) in [6.45, 7) is 0. The SMILES string of the molecule is COc1ccc(S(=O)(=O)O)cc1N=Nc1ccc([O-])c(N=Nc2ccc([N+](=O)[O-])c(N)c2)c1O.[Na+]. The van der Waals surface area contributed by atoms with Crippen LogP contribution in [0.15, 0.2) is 73.9 Å². The number of aromatic hydroxyl groups is 1. The van der Waals surface area contributed by atoms with Gasteiger partial charge in [0.15, 0.2) is 5.75 Å². The van der Waals surface area contributed by atoms with Crippen LogP contribution in [0.5, 0.6) is 17.2 Å². The molecule has 0 fully saturated rings. The van der Waals surface area contributed by atoms with Gasteiger partial charge in [0.25, 0.3) is 15.8 Å². The van der Waals surface area contributed by atoms with Crippen LogP contribution in [0, 0.1) is 10.1 Å². The van der Waals surface area contributed by atoms with E-state index >= 15 is 0 Å². The molecule has 0 radical (unpaired) electrons. The number of anilines is 1. The van der Waals surface area contributed by atoms with Gasteiger partial charge in [0.1, 0.15) is 28.5 Å². The smallest absolute Gasteiger partial charge is 0.871 e. The standard InChI is InChI=1S/C19H16N6O8S.Na/c1-33-17-7-3-11(34(30,31)32)9-14(17)23-22-13-4-6-16(26)18(19(13)27)24-21-10-2-5-15(25(28)29)12(20)8-10;/h2-9,26-27H,20H2,1H3,(H,30,31,32);/q;+1/p-1. The number of phenolic OH excluding ortho intramolecular Hbond substituents is 1. The maximum atomic E-state index is 12.1. The first-order valence-corrected chi connectivity index (χ1v) is 10.5. The van der Waals surface area contributed by atoms with Crippen molar-refractivity contribution in [1.29, 1.82) is 0 Å². The summed E-state index contributed by atoms with van der Waals surface area (Å²) >= 11 is 0. The first-order chi connectivity index (χ1) is 16.0. The Labute approximate surface area is 220 Å². The number of hydrogen-bond donors (Lipinski definition) is 3. The van der Waals surface area contributed by atoms with Crippen LogP contribution in [0.4, 0.5) is 34.1 Å². The number of nitro groups is 1. The summed E-state index contributed by atoms with van der Waals surface area (Å²) in [5, 5.41) is 48.5. The van der Waals surface area contributed by atoms with Crippen LogP contribution >= 0.6 is 0 Å². The summed E-state index contributed by atoms with van der Waals surface area (Å²) in [6.07, 6.45) is 0. The van der Waals surface area contributed by atoms with Crippen molar-refractivity contribution in [2.45, 2.75) is 4.90 Å². The van der Waals surface area contributed by atoms with E-state index in [1.807, 2.05) is 0 Å². The van der Waals surface area contributed by atoms with Gasteiger partial charge in [-0.25, -0.2) is 0 Å². The molecule has 0 atom stereocenters. The van der Waals surface area contributed by atoms with Gasteiger partial charge in [-0.05, 0) is 36.4 Å². The van der Waals surface area contributed by atoms with Gasteiger partial charge in [0.2, 0.25) is 0 Å². The minimum Gasteiger partial charge on any atom is -0.871 e. The minimum atomic E-state index is -4.52. The van der Waals surface area contributed by atoms with Crippen LogP contribution in [-0.2, 0) is 10.1 Å². The molecule has 4 N–H and O–H groups in total. The van der Waals surface area contributed by atoms with Crippen molar-refractivity contribution in [2.75, 3.05) is 12.8 Å². The van der Waals surface area contributed by atoms with Crippen molar-refractivity contribution in [2.24, 2.45) is 20.5 Å². The normalized spacial score (nSPS) is 11.5. The average molecular weight is 510 g/mol. The summed E-state index contributed by atoms with van der Waals surface area (Å²) in [5.41, 5.74) is 4.37. The minimum absolute atomic E-state index is 0. The molecule has 0 spiro atoms. The van der Waals surface area contributed by atoms with E-state index in [4.69, 9.17) is 10.5 Å². The van der Waals surface area contributed by atoms with E-state index in [1.54, 1.807) is 0 Å². The molecule has 14 nitrogen and oxygen atoms in total. The number of methoxy groups -OCH3 is 1. The average Bonchev–Trinajstić information content (AvgIpc) is 2.77. The third-order valence-corrected chi connectivity index (χ3v) is 5.13. The Bertz CT molecular complexity index is 1450. The Morgan fingerprint density at radius 1 is 1.00 bits per heavy atom. The second kappa shape index (κ2) is 11.2. The number of nitro benzene ring substituents is 1. The van der Waals surface area contributed by atoms with Crippen molar-refractivity contribution >= 4 is 44.2 Å². The molecule has 3 rings (SSSR count). The van der Waals surface area contributed by atoms with Gasteiger partial charge in [-0.2, -0.15) is 13.5 Å². The Kier molecular flexibility index (Phi) is 8.83. The third-order valence-electron chi connectivity index (χ3n) is 4.28. The molecule has 0 aliphatic heterocycles. The molecular weight excluding hydrogens is 495 g/mol. The zero-order chi connectivity index (χ0) is 25.0. The summed E-state index contributed by atoms with van der Waals surface area (Å²) < 4.78 is 37.0. The number of nitrogens with zero attached hydrogens (tertiary/aromatic N) is 5. The summed E-state index contributed by atoms with van der Waals surface area (Å²) in [6, 6.07) is 9.05. The fraction of sp³-hybridized carbons (Fsp3) is 0.0526. The first-order valence-electron chi connectivity index (χ1n) is 9.07. The van der Waals surface area contributed by atoms with E-state index < -0.39 is 37.1 Å². The number of ether oxygens (including phenoxy) is 1. The molecule has 35 heavy (non-hydrogen) atoms. The summed E-state index contributed by atoms with van der Waals surface area (Å²) in [5.74, 6) is -1.27. The van der Waals surface area contributed by atoms with Crippen LogP contribution in [-0.4, -0.2) is 30.1 Å². The maximum absolute atomic E-state index is 12.1. The number of azo groups is 2.